The molecule has 1 amide bonds. The Morgan fingerprint density at radius 1 is 1.38 bits per heavy atom. The molecule has 0 spiro atoms. The number of rotatable bonds is 2. The maximum atomic E-state index is 12.0. The van der Waals surface area contributed by atoms with Gasteiger partial charge in [-0.25, -0.2) is 4.79 Å². The van der Waals surface area contributed by atoms with E-state index in [-0.39, 0.29) is 22.7 Å². The van der Waals surface area contributed by atoms with Crippen molar-refractivity contribution in [2.45, 2.75) is 39.3 Å². The quantitative estimate of drug-likeness (QED) is 0.623. The van der Waals surface area contributed by atoms with Crippen molar-refractivity contribution in [2.75, 3.05) is 13.1 Å². The van der Waals surface area contributed by atoms with Gasteiger partial charge in [0.05, 0.1) is 22.7 Å². The average Bonchev–Trinajstić information content (AvgIpc) is 2.76. The predicted molar refractivity (Wildman–Crippen MR) is 88.0 cm³/mol. The number of hydrogen-bond acceptors (Lipinski definition) is 5. The van der Waals surface area contributed by atoms with Crippen LogP contribution in [0.1, 0.15) is 32.4 Å². The standard InChI is InChI=1S/C16H20N4O4/c1-10-5-11-7-17-19(14(11)6-13(10)20(22)23)12-8-18(9-12)15(21)24-16(2,3)4/h5-7,12H,8-9H2,1-4H3. The van der Waals surface area contributed by atoms with Crippen LogP contribution >= 0.6 is 0 Å². The monoisotopic (exact) mass is 332 g/mol. The second-order valence-corrected chi connectivity index (χ2v) is 7.08. The Morgan fingerprint density at radius 2 is 2.04 bits per heavy atom. The number of carbonyl (C=O) groups is 1. The van der Waals surface area contributed by atoms with E-state index in [1.54, 1.807) is 34.8 Å². The summed E-state index contributed by atoms with van der Waals surface area (Å²) in [4.78, 5) is 24.3. The third-order valence-corrected chi connectivity index (χ3v) is 3.97. The van der Waals surface area contributed by atoms with Crippen LogP contribution in [0.4, 0.5) is 10.5 Å². The van der Waals surface area contributed by atoms with Crippen LogP contribution in [-0.2, 0) is 4.74 Å². The summed E-state index contributed by atoms with van der Waals surface area (Å²) in [6.07, 6.45) is 1.35. The summed E-state index contributed by atoms with van der Waals surface area (Å²) in [5.74, 6) is 0. The van der Waals surface area contributed by atoms with E-state index in [0.717, 1.165) is 5.39 Å². The van der Waals surface area contributed by atoms with Crippen LogP contribution in [0, 0.1) is 17.0 Å². The first-order valence-electron chi connectivity index (χ1n) is 7.76. The van der Waals surface area contributed by atoms with Gasteiger partial charge < -0.3 is 9.64 Å². The SMILES string of the molecule is Cc1cc2cnn(C3CN(C(=O)OC(C)(C)C)C3)c2cc1[N+](=O)[O-]. The van der Waals surface area contributed by atoms with Gasteiger partial charge in [0.15, 0.2) is 0 Å². The van der Waals surface area contributed by atoms with Crippen LogP contribution in [0.2, 0.25) is 0 Å². The molecule has 0 unspecified atom stereocenters. The molecule has 8 heteroatoms. The van der Waals surface area contributed by atoms with E-state index in [4.69, 9.17) is 4.74 Å². The molecule has 128 valence electrons. The molecule has 0 N–H and O–H groups in total. The van der Waals surface area contributed by atoms with Gasteiger partial charge in [-0.1, -0.05) is 0 Å². The number of nitro benzene ring substituents is 1. The zero-order valence-corrected chi connectivity index (χ0v) is 14.1. The zero-order valence-electron chi connectivity index (χ0n) is 14.1. The fourth-order valence-electron chi connectivity index (χ4n) is 2.77. The zero-order chi connectivity index (χ0) is 17.6. The third-order valence-electron chi connectivity index (χ3n) is 3.97. The number of amides is 1. The molecule has 2 aromatic rings. The van der Waals surface area contributed by atoms with E-state index < -0.39 is 5.60 Å². The minimum atomic E-state index is -0.529. The van der Waals surface area contributed by atoms with Gasteiger partial charge in [-0.2, -0.15) is 5.10 Å². The van der Waals surface area contributed by atoms with Gasteiger partial charge in [0.25, 0.3) is 5.69 Å². The third kappa shape index (κ3) is 2.91. The number of aryl methyl sites for hydroxylation is 1. The largest absolute Gasteiger partial charge is 0.444 e. The number of hydrogen-bond donors (Lipinski definition) is 0. The van der Waals surface area contributed by atoms with Crippen LogP contribution in [-0.4, -0.2) is 44.4 Å². The van der Waals surface area contributed by atoms with Crippen LogP contribution in [0.15, 0.2) is 18.3 Å². The summed E-state index contributed by atoms with van der Waals surface area (Å²) < 4.78 is 7.08. The topological polar surface area (TPSA) is 90.5 Å². The summed E-state index contributed by atoms with van der Waals surface area (Å²) in [6.45, 7) is 8.14. The van der Waals surface area contributed by atoms with Crippen molar-refractivity contribution in [3.05, 3.63) is 34.0 Å². The van der Waals surface area contributed by atoms with Crippen molar-refractivity contribution in [3.63, 3.8) is 0 Å². The lowest BCUT2D eigenvalue weighted by atomic mass is 10.1. The van der Waals surface area contributed by atoms with Gasteiger partial charge in [0.2, 0.25) is 0 Å². The van der Waals surface area contributed by atoms with E-state index in [2.05, 4.69) is 5.10 Å². The van der Waals surface area contributed by atoms with Gasteiger partial charge in [-0.15, -0.1) is 0 Å². The molecule has 0 atom stereocenters. The second-order valence-electron chi connectivity index (χ2n) is 7.08. The Balaban J connectivity index is 1.79. The number of benzene rings is 1. The molecule has 1 aromatic carbocycles. The van der Waals surface area contributed by atoms with E-state index in [9.17, 15) is 14.9 Å². The van der Waals surface area contributed by atoms with Gasteiger partial charge in [0.1, 0.15) is 5.60 Å². The average molecular weight is 332 g/mol. The van der Waals surface area contributed by atoms with Crippen molar-refractivity contribution < 1.29 is 14.5 Å². The number of ether oxygens (including phenoxy) is 1. The number of aromatic nitrogens is 2. The lowest BCUT2D eigenvalue weighted by Crippen LogP contribution is -2.52. The number of nitro groups is 1. The summed E-state index contributed by atoms with van der Waals surface area (Å²) in [5, 5.41) is 16.3. The maximum Gasteiger partial charge on any atom is 0.410 e. The van der Waals surface area contributed by atoms with Gasteiger partial charge in [-0.3, -0.25) is 14.8 Å². The molecule has 8 nitrogen and oxygen atoms in total. The highest BCUT2D eigenvalue weighted by Gasteiger charge is 2.36. The van der Waals surface area contributed by atoms with E-state index in [1.165, 1.54) is 0 Å². The fraction of sp³-hybridized carbons (Fsp3) is 0.500. The molecule has 0 bridgehead atoms. The van der Waals surface area contributed by atoms with E-state index in [1.807, 2.05) is 20.8 Å². The Bertz CT molecular complexity index is 815. The summed E-state index contributed by atoms with van der Waals surface area (Å²) in [6, 6.07) is 3.31. The van der Waals surface area contributed by atoms with E-state index >= 15 is 0 Å². The van der Waals surface area contributed by atoms with Crippen LogP contribution in [0.25, 0.3) is 10.9 Å². The number of carbonyl (C=O) groups excluding carboxylic acids is 1. The number of likely N-dealkylation sites (tertiary alicyclic amines) is 1. The highest BCUT2D eigenvalue weighted by molar-refractivity contribution is 5.82. The summed E-state index contributed by atoms with van der Waals surface area (Å²) in [5.41, 5.74) is 0.864. The summed E-state index contributed by atoms with van der Waals surface area (Å²) >= 11 is 0. The first-order valence-corrected chi connectivity index (χ1v) is 7.76. The molecular weight excluding hydrogens is 312 g/mol. The molecule has 1 saturated heterocycles. The van der Waals surface area contributed by atoms with Gasteiger partial charge >= 0.3 is 6.09 Å². The predicted octanol–water partition coefficient (Wildman–Crippen LogP) is 3.04. The second kappa shape index (κ2) is 5.47. The minimum Gasteiger partial charge on any atom is -0.444 e. The fourth-order valence-corrected chi connectivity index (χ4v) is 2.77. The Kier molecular flexibility index (Phi) is 3.70. The molecule has 24 heavy (non-hydrogen) atoms. The highest BCUT2D eigenvalue weighted by Crippen LogP contribution is 2.30. The lowest BCUT2D eigenvalue weighted by Gasteiger charge is -2.39. The Labute approximate surface area is 139 Å². The van der Waals surface area contributed by atoms with Gasteiger partial charge in [0, 0.05) is 30.1 Å². The van der Waals surface area contributed by atoms with Crippen LogP contribution in [0.5, 0.6) is 0 Å². The van der Waals surface area contributed by atoms with Crippen molar-refractivity contribution >= 4 is 22.7 Å². The molecule has 3 rings (SSSR count). The smallest absolute Gasteiger partial charge is 0.410 e. The van der Waals surface area contributed by atoms with Crippen LogP contribution < -0.4 is 0 Å². The molecule has 0 radical (unpaired) electrons. The number of fused-ring (bicyclic) bond motifs is 1. The molecule has 0 aliphatic carbocycles. The lowest BCUT2D eigenvalue weighted by molar-refractivity contribution is -0.385. The summed E-state index contributed by atoms with van der Waals surface area (Å²) in [7, 11) is 0. The highest BCUT2D eigenvalue weighted by atomic mass is 16.6. The maximum absolute atomic E-state index is 12.0. The Morgan fingerprint density at radius 3 is 2.62 bits per heavy atom. The Hall–Kier alpha value is -2.64. The molecule has 0 saturated carbocycles. The van der Waals surface area contributed by atoms with Crippen molar-refractivity contribution in [2.24, 2.45) is 0 Å². The molecule has 1 aliphatic heterocycles. The first kappa shape index (κ1) is 16.2. The van der Waals surface area contributed by atoms with Crippen LogP contribution in [0.3, 0.4) is 0 Å². The van der Waals surface area contributed by atoms with Crippen molar-refractivity contribution in [1.82, 2.24) is 14.7 Å². The molecule has 1 fully saturated rings. The van der Waals surface area contributed by atoms with Crippen molar-refractivity contribution in [1.29, 1.82) is 0 Å². The van der Waals surface area contributed by atoms with Gasteiger partial charge in [-0.05, 0) is 33.8 Å². The normalized spacial score (nSPS) is 15.4. The molecule has 1 aromatic heterocycles. The number of nitrogens with zero attached hydrogens (tertiary/aromatic N) is 4. The van der Waals surface area contributed by atoms with E-state index in [0.29, 0.717) is 24.2 Å². The first-order chi connectivity index (χ1) is 11.2. The minimum absolute atomic E-state index is 0.00247. The van der Waals surface area contributed by atoms with Crippen molar-refractivity contribution in [3.8, 4) is 0 Å². The molecule has 2 heterocycles. The molecular formula is C16H20N4O4. The molecule has 1 aliphatic rings.